The molecule has 0 saturated carbocycles. The van der Waals surface area contributed by atoms with E-state index in [4.69, 9.17) is 11.6 Å². The lowest BCUT2D eigenvalue weighted by atomic mass is 9.96. The van der Waals surface area contributed by atoms with Gasteiger partial charge in [-0.05, 0) is 44.0 Å². The highest BCUT2D eigenvalue weighted by Crippen LogP contribution is 2.24. The predicted octanol–water partition coefficient (Wildman–Crippen LogP) is 3.50. The minimum Gasteiger partial charge on any atom is -0.339 e. The highest BCUT2D eigenvalue weighted by atomic mass is 35.5. The maximum Gasteiger partial charge on any atom is 0.255 e. The van der Waals surface area contributed by atoms with Crippen LogP contribution in [0.25, 0.3) is 0 Å². The van der Waals surface area contributed by atoms with E-state index in [1.54, 1.807) is 4.90 Å². The molecule has 0 aliphatic carbocycles. The molecule has 1 saturated heterocycles. The number of amides is 1. The lowest BCUT2D eigenvalue weighted by Gasteiger charge is -2.32. The number of nitrogens with zero attached hydrogens (tertiary/aromatic N) is 1. The van der Waals surface area contributed by atoms with E-state index in [0.29, 0.717) is 19.0 Å². The van der Waals surface area contributed by atoms with Crippen molar-refractivity contribution < 1.29 is 13.6 Å². The number of carbonyl (C=O) groups is 1. The number of carbonyl (C=O) groups excluding carboxylic acids is 1. The topological polar surface area (TPSA) is 32.3 Å². The molecular weight excluding hydrogens is 333 g/mol. The van der Waals surface area contributed by atoms with Crippen molar-refractivity contribution in [2.75, 3.05) is 26.2 Å². The Morgan fingerprint density at radius 1 is 1.32 bits per heavy atom. The summed E-state index contributed by atoms with van der Waals surface area (Å²) in [6.45, 7) is 5.17. The van der Waals surface area contributed by atoms with Gasteiger partial charge in [-0.25, -0.2) is 8.78 Å². The molecule has 0 radical (unpaired) electrons. The van der Waals surface area contributed by atoms with Crippen LogP contribution in [0.2, 0.25) is 5.02 Å². The first-order chi connectivity index (χ1) is 10.0. The summed E-state index contributed by atoms with van der Waals surface area (Å²) in [5.74, 6) is -1.87. The molecule has 1 heterocycles. The van der Waals surface area contributed by atoms with Crippen LogP contribution in [-0.4, -0.2) is 37.0 Å². The highest BCUT2D eigenvalue weighted by molar-refractivity contribution is 6.33. The highest BCUT2D eigenvalue weighted by Gasteiger charge is 2.25. The summed E-state index contributed by atoms with van der Waals surface area (Å²) in [5, 5.41) is 3.25. The average molecular weight is 353 g/mol. The summed E-state index contributed by atoms with van der Waals surface area (Å²) in [4.78, 5) is 14.0. The Hall–Kier alpha value is -0.910. The van der Waals surface area contributed by atoms with E-state index in [-0.39, 0.29) is 28.9 Å². The molecule has 3 nitrogen and oxygen atoms in total. The van der Waals surface area contributed by atoms with Crippen LogP contribution in [0.5, 0.6) is 0 Å². The molecule has 0 aromatic heterocycles. The van der Waals surface area contributed by atoms with Crippen LogP contribution in [0.3, 0.4) is 0 Å². The number of likely N-dealkylation sites (tertiary alicyclic amines) is 1. The fourth-order valence-electron chi connectivity index (χ4n) is 2.55. The summed E-state index contributed by atoms with van der Waals surface area (Å²) >= 11 is 5.85. The molecule has 1 amide bonds. The van der Waals surface area contributed by atoms with Gasteiger partial charge < -0.3 is 10.2 Å². The summed E-state index contributed by atoms with van der Waals surface area (Å²) < 4.78 is 26.3. The molecule has 1 N–H and O–H groups in total. The molecule has 22 heavy (non-hydrogen) atoms. The van der Waals surface area contributed by atoms with Gasteiger partial charge in [-0.15, -0.1) is 12.4 Å². The van der Waals surface area contributed by atoms with E-state index in [1.807, 2.05) is 0 Å². The van der Waals surface area contributed by atoms with Crippen molar-refractivity contribution in [1.82, 2.24) is 10.2 Å². The van der Waals surface area contributed by atoms with Crippen molar-refractivity contribution in [2.24, 2.45) is 5.92 Å². The molecule has 0 bridgehead atoms. The minimum absolute atomic E-state index is 0. The first-order valence-corrected chi connectivity index (χ1v) is 7.55. The fourth-order valence-corrected chi connectivity index (χ4v) is 2.78. The average Bonchev–Trinajstić information content (AvgIpc) is 2.48. The normalized spacial score (nSPS) is 15.5. The number of benzene rings is 1. The third-order valence-electron chi connectivity index (χ3n) is 3.83. The number of hydrogen-bond acceptors (Lipinski definition) is 2. The van der Waals surface area contributed by atoms with E-state index in [0.717, 1.165) is 38.1 Å². The molecular formula is C15H20Cl2F2N2O. The number of hydrogen-bond donors (Lipinski definition) is 1. The molecule has 1 aliphatic rings. The van der Waals surface area contributed by atoms with Gasteiger partial charge in [0.1, 0.15) is 0 Å². The van der Waals surface area contributed by atoms with E-state index in [2.05, 4.69) is 12.2 Å². The van der Waals surface area contributed by atoms with E-state index < -0.39 is 11.6 Å². The van der Waals surface area contributed by atoms with Gasteiger partial charge in [0.15, 0.2) is 11.6 Å². The van der Waals surface area contributed by atoms with Gasteiger partial charge in [-0.3, -0.25) is 4.79 Å². The molecule has 2 rings (SSSR count). The first-order valence-electron chi connectivity index (χ1n) is 7.17. The molecule has 0 unspecified atom stereocenters. The molecule has 0 atom stereocenters. The van der Waals surface area contributed by atoms with Crippen molar-refractivity contribution in [3.8, 4) is 0 Å². The summed E-state index contributed by atoms with van der Waals surface area (Å²) in [6, 6.07) is 1.73. The van der Waals surface area contributed by atoms with Crippen molar-refractivity contribution in [3.05, 3.63) is 34.4 Å². The van der Waals surface area contributed by atoms with Crippen molar-refractivity contribution >= 4 is 29.9 Å². The van der Waals surface area contributed by atoms with Gasteiger partial charge in [0.25, 0.3) is 5.91 Å². The number of halogens is 4. The number of nitrogens with one attached hydrogen (secondary N) is 1. The lowest BCUT2D eigenvalue weighted by molar-refractivity contribution is 0.0690. The third-order valence-corrected chi connectivity index (χ3v) is 4.14. The second-order valence-corrected chi connectivity index (χ2v) is 5.70. The maximum absolute atomic E-state index is 13.3. The van der Waals surface area contributed by atoms with E-state index in [9.17, 15) is 13.6 Å². The van der Waals surface area contributed by atoms with Crippen LogP contribution in [-0.2, 0) is 0 Å². The predicted molar refractivity (Wildman–Crippen MR) is 85.8 cm³/mol. The monoisotopic (exact) mass is 352 g/mol. The van der Waals surface area contributed by atoms with Crippen molar-refractivity contribution in [3.63, 3.8) is 0 Å². The molecule has 0 spiro atoms. The standard InChI is InChI=1S/C15H19ClF2N2O.ClH/c1-2-19-9-10-3-5-20(6-4-10)15(21)11-7-13(17)14(18)8-12(11)16;/h7-8,10,19H,2-6,9H2,1H3;1H. The van der Waals surface area contributed by atoms with E-state index >= 15 is 0 Å². The number of piperidine rings is 1. The second-order valence-electron chi connectivity index (χ2n) is 5.29. The van der Waals surface area contributed by atoms with Gasteiger partial charge in [0.2, 0.25) is 0 Å². The summed E-state index contributed by atoms with van der Waals surface area (Å²) in [5.41, 5.74) is 0.0284. The zero-order valence-corrected chi connectivity index (χ0v) is 13.9. The van der Waals surface area contributed by atoms with Gasteiger partial charge in [-0.1, -0.05) is 18.5 Å². The Morgan fingerprint density at radius 3 is 2.50 bits per heavy atom. The Kier molecular flexibility index (Phi) is 7.53. The van der Waals surface area contributed by atoms with Crippen LogP contribution < -0.4 is 5.32 Å². The van der Waals surface area contributed by atoms with Crippen molar-refractivity contribution in [1.29, 1.82) is 0 Å². The summed E-state index contributed by atoms with van der Waals surface area (Å²) in [6.07, 6.45) is 1.81. The van der Waals surface area contributed by atoms with Crippen molar-refractivity contribution in [2.45, 2.75) is 19.8 Å². The lowest BCUT2D eigenvalue weighted by Crippen LogP contribution is -2.40. The van der Waals surface area contributed by atoms with Gasteiger partial charge in [0.05, 0.1) is 10.6 Å². The van der Waals surface area contributed by atoms with Crippen LogP contribution >= 0.6 is 24.0 Å². The molecule has 1 aliphatic heterocycles. The quantitative estimate of drug-likeness (QED) is 0.841. The number of rotatable bonds is 4. The zero-order valence-electron chi connectivity index (χ0n) is 12.4. The van der Waals surface area contributed by atoms with Gasteiger partial charge >= 0.3 is 0 Å². The second kappa shape index (κ2) is 8.65. The van der Waals surface area contributed by atoms with Gasteiger partial charge in [0, 0.05) is 13.1 Å². The molecule has 1 aromatic rings. The summed E-state index contributed by atoms with van der Waals surface area (Å²) in [7, 11) is 0. The largest absolute Gasteiger partial charge is 0.339 e. The van der Waals surface area contributed by atoms with Crippen LogP contribution in [0.15, 0.2) is 12.1 Å². The van der Waals surface area contributed by atoms with Crippen LogP contribution in [0, 0.1) is 17.6 Å². The minimum atomic E-state index is -1.05. The molecule has 7 heteroatoms. The smallest absolute Gasteiger partial charge is 0.255 e. The van der Waals surface area contributed by atoms with Crippen LogP contribution in [0.4, 0.5) is 8.78 Å². The Balaban J connectivity index is 0.00000242. The Labute approximate surface area is 140 Å². The molecule has 1 fully saturated rings. The maximum atomic E-state index is 13.3. The fraction of sp³-hybridized carbons (Fsp3) is 0.533. The van der Waals surface area contributed by atoms with Gasteiger partial charge in [-0.2, -0.15) is 0 Å². The molecule has 1 aromatic carbocycles. The third kappa shape index (κ3) is 4.54. The Morgan fingerprint density at radius 2 is 1.91 bits per heavy atom. The SMILES string of the molecule is CCNCC1CCN(C(=O)c2cc(F)c(F)cc2Cl)CC1.Cl. The first kappa shape index (κ1) is 19.1. The molecule has 124 valence electrons. The van der Waals surface area contributed by atoms with Crippen LogP contribution in [0.1, 0.15) is 30.1 Å². The van der Waals surface area contributed by atoms with E-state index in [1.165, 1.54) is 0 Å². The Bertz CT molecular complexity index is 521. The zero-order chi connectivity index (χ0) is 15.4.